The number of esters is 1. The zero-order valence-electron chi connectivity index (χ0n) is 9.45. The molecule has 1 heterocycles. The summed E-state index contributed by atoms with van der Waals surface area (Å²) in [7, 11) is 1.31. The van der Waals surface area contributed by atoms with Gasteiger partial charge >= 0.3 is 5.97 Å². The van der Waals surface area contributed by atoms with E-state index in [0.717, 1.165) is 0 Å². The van der Waals surface area contributed by atoms with E-state index < -0.39 is 12.0 Å². The van der Waals surface area contributed by atoms with Crippen LogP contribution in [0.1, 0.15) is 6.92 Å². The molecule has 0 aliphatic rings. The predicted molar refractivity (Wildman–Crippen MR) is 61.2 cm³/mol. The Balaban J connectivity index is 2.22. The highest BCUT2D eigenvalue weighted by atomic mass is 19.1. The topological polar surface area (TPSA) is 67.0 Å². The van der Waals surface area contributed by atoms with E-state index in [1.54, 1.807) is 13.0 Å². The molecule has 0 fully saturated rings. The molecule has 0 bridgehead atoms. The highest BCUT2D eigenvalue weighted by Crippen LogP contribution is 2.15. The summed E-state index contributed by atoms with van der Waals surface area (Å²) in [5, 5.41) is 2.84. The van der Waals surface area contributed by atoms with Crippen LogP contribution < -0.4 is 5.32 Å². The van der Waals surface area contributed by atoms with Crippen molar-refractivity contribution in [1.82, 2.24) is 9.97 Å². The summed E-state index contributed by atoms with van der Waals surface area (Å²) in [6.07, 6.45) is 0. The van der Waals surface area contributed by atoms with E-state index in [9.17, 15) is 9.18 Å². The van der Waals surface area contributed by atoms with Gasteiger partial charge in [0.25, 0.3) is 0 Å². The molecular weight excluding hydrogens is 225 g/mol. The molecule has 2 N–H and O–H groups in total. The second kappa shape index (κ2) is 4.40. The van der Waals surface area contributed by atoms with Crippen molar-refractivity contribution in [3.63, 3.8) is 0 Å². The molecule has 0 spiro atoms. The van der Waals surface area contributed by atoms with Gasteiger partial charge in [0.2, 0.25) is 5.95 Å². The van der Waals surface area contributed by atoms with Gasteiger partial charge in [-0.15, -0.1) is 0 Å². The third kappa shape index (κ3) is 2.35. The van der Waals surface area contributed by atoms with Gasteiger partial charge in [0.1, 0.15) is 11.9 Å². The van der Waals surface area contributed by atoms with Crippen molar-refractivity contribution in [2.75, 3.05) is 12.4 Å². The van der Waals surface area contributed by atoms with Crippen LogP contribution in [0.3, 0.4) is 0 Å². The van der Waals surface area contributed by atoms with Crippen LogP contribution in [0.5, 0.6) is 0 Å². The normalized spacial score (nSPS) is 12.4. The van der Waals surface area contributed by atoms with Crippen molar-refractivity contribution in [2.24, 2.45) is 0 Å². The maximum absolute atomic E-state index is 12.9. The van der Waals surface area contributed by atoms with Crippen LogP contribution in [0, 0.1) is 5.82 Å². The monoisotopic (exact) mass is 237 g/mol. The van der Waals surface area contributed by atoms with E-state index in [2.05, 4.69) is 20.0 Å². The lowest BCUT2D eigenvalue weighted by atomic mass is 10.3. The Labute approximate surface area is 97.0 Å². The molecule has 2 aromatic rings. The van der Waals surface area contributed by atoms with E-state index in [0.29, 0.717) is 17.0 Å². The van der Waals surface area contributed by atoms with Crippen LogP contribution in [-0.4, -0.2) is 29.1 Å². The van der Waals surface area contributed by atoms with Crippen molar-refractivity contribution in [3.05, 3.63) is 24.0 Å². The zero-order valence-corrected chi connectivity index (χ0v) is 9.45. The maximum atomic E-state index is 12.9. The minimum atomic E-state index is -0.523. The van der Waals surface area contributed by atoms with E-state index in [1.165, 1.54) is 19.2 Å². The molecule has 17 heavy (non-hydrogen) atoms. The predicted octanol–water partition coefficient (Wildman–Crippen LogP) is 1.68. The number of halogens is 1. The first kappa shape index (κ1) is 11.4. The number of aromatic nitrogens is 2. The standard InChI is InChI=1S/C11H12FN3O2/c1-6(10(16)17-2)13-11-14-8-4-3-7(12)5-9(8)15-11/h3-6H,1-2H3,(H2,13,14,15). The molecule has 1 aromatic heterocycles. The number of H-pyrrole nitrogens is 1. The summed E-state index contributed by atoms with van der Waals surface area (Å²) in [5.74, 6) is -0.325. The molecule has 1 atom stereocenters. The summed E-state index contributed by atoms with van der Waals surface area (Å²) in [6, 6.07) is 3.72. The van der Waals surface area contributed by atoms with Crippen molar-refractivity contribution in [3.8, 4) is 0 Å². The number of methoxy groups -OCH3 is 1. The molecule has 1 unspecified atom stereocenters. The van der Waals surface area contributed by atoms with Gasteiger partial charge in [-0.05, 0) is 25.1 Å². The Morgan fingerprint density at radius 2 is 2.35 bits per heavy atom. The lowest BCUT2D eigenvalue weighted by Crippen LogP contribution is -2.27. The fourth-order valence-electron chi connectivity index (χ4n) is 1.49. The second-order valence-corrected chi connectivity index (χ2v) is 3.64. The molecule has 0 saturated heterocycles. The average molecular weight is 237 g/mol. The molecule has 5 nitrogen and oxygen atoms in total. The van der Waals surface area contributed by atoms with Crippen LogP contribution in [0.15, 0.2) is 18.2 Å². The van der Waals surface area contributed by atoms with Crippen LogP contribution in [0.25, 0.3) is 11.0 Å². The number of carbonyl (C=O) groups excluding carboxylic acids is 1. The molecule has 0 radical (unpaired) electrons. The summed E-state index contributed by atoms with van der Waals surface area (Å²) in [4.78, 5) is 18.2. The number of nitrogens with zero attached hydrogens (tertiary/aromatic N) is 1. The number of fused-ring (bicyclic) bond motifs is 1. The van der Waals surface area contributed by atoms with Crippen LogP contribution in [0.4, 0.5) is 10.3 Å². The first-order valence-electron chi connectivity index (χ1n) is 5.10. The lowest BCUT2D eigenvalue weighted by Gasteiger charge is -2.09. The first-order chi connectivity index (χ1) is 8.10. The van der Waals surface area contributed by atoms with E-state index in [1.807, 2.05) is 0 Å². The highest BCUT2D eigenvalue weighted by molar-refractivity contribution is 5.80. The van der Waals surface area contributed by atoms with Gasteiger partial charge in [0.15, 0.2) is 0 Å². The van der Waals surface area contributed by atoms with Crippen molar-refractivity contribution in [1.29, 1.82) is 0 Å². The summed E-state index contributed by atoms with van der Waals surface area (Å²) in [5.41, 5.74) is 1.20. The fraction of sp³-hybridized carbons (Fsp3) is 0.273. The number of anilines is 1. The molecular formula is C11H12FN3O2. The third-order valence-corrected chi connectivity index (χ3v) is 2.35. The number of aromatic amines is 1. The molecule has 6 heteroatoms. The molecule has 0 aliphatic carbocycles. The van der Waals surface area contributed by atoms with Gasteiger partial charge in [0.05, 0.1) is 18.1 Å². The smallest absolute Gasteiger partial charge is 0.328 e. The summed E-state index contributed by atoms with van der Waals surface area (Å²) < 4.78 is 17.5. The number of hydrogen-bond donors (Lipinski definition) is 2. The summed E-state index contributed by atoms with van der Waals surface area (Å²) in [6.45, 7) is 1.65. The first-order valence-corrected chi connectivity index (χ1v) is 5.10. The van der Waals surface area contributed by atoms with Gasteiger partial charge in [0, 0.05) is 0 Å². The Kier molecular flexibility index (Phi) is 2.95. The van der Waals surface area contributed by atoms with Crippen LogP contribution in [0.2, 0.25) is 0 Å². The van der Waals surface area contributed by atoms with Crippen LogP contribution >= 0.6 is 0 Å². The minimum Gasteiger partial charge on any atom is -0.467 e. The number of ether oxygens (including phenoxy) is 1. The Bertz CT molecular complexity index is 553. The fourth-order valence-corrected chi connectivity index (χ4v) is 1.49. The molecule has 2 rings (SSSR count). The molecule has 0 amide bonds. The van der Waals surface area contributed by atoms with Gasteiger partial charge in [-0.3, -0.25) is 0 Å². The van der Waals surface area contributed by atoms with Crippen molar-refractivity contribution in [2.45, 2.75) is 13.0 Å². The lowest BCUT2D eigenvalue weighted by molar-refractivity contribution is -0.141. The number of imidazole rings is 1. The van der Waals surface area contributed by atoms with Gasteiger partial charge in [-0.1, -0.05) is 0 Å². The Hall–Kier alpha value is -2.11. The third-order valence-electron chi connectivity index (χ3n) is 2.35. The number of carbonyl (C=O) groups is 1. The minimum absolute atomic E-state index is 0.339. The Morgan fingerprint density at radius 3 is 3.06 bits per heavy atom. The quantitative estimate of drug-likeness (QED) is 0.797. The number of nitrogens with one attached hydrogen (secondary N) is 2. The molecule has 0 aliphatic heterocycles. The van der Waals surface area contributed by atoms with E-state index in [-0.39, 0.29) is 5.82 Å². The van der Waals surface area contributed by atoms with E-state index >= 15 is 0 Å². The van der Waals surface area contributed by atoms with Crippen LogP contribution in [-0.2, 0) is 9.53 Å². The average Bonchev–Trinajstić information content (AvgIpc) is 2.69. The zero-order chi connectivity index (χ0) is 12.4. The molecule has 1 aromatic carbocycles. The maximum Gasteiger partial charge on any atom is 0.328 e. The largest absolute Gasteiger partial charge is 0.467 e. The number of rotatable bonds is 3. The number of benzene rings is 1. The van der Waals surface area contributed by atoms with Gasteiger partial charge < -0.3 is 15.0 Å². The van der Waals surface area contributed by atoms with Gasteiger partial charge in [-0.25, -0.2) is 14.2 Å². The van der Waals surface area contributed by atoms with Gasteiger partial charge in [-0.2, -0.15) is 0 Å². The molecule has 0 saturated carbocycles. The van der Waals surface area contributed by atoms with E-state index in [4.69, 9.17) is 0 Å². The Morgan fingerprint density at radius 1 is 1.59 bits per heavy atom. The summed E-state index contributed by atoms with van der Waals surface area (Å²) >= 11 is 0. The SMILES string of the molecule is COC(=O)C(C)Nc1nc2ccc(F)cc2[nH]1. The van der Waals surface area contributed by atoms with Crippen molar-refractivity contribution >= 4 is 23.0 Å². The number of hydrogen-bond acceptors (Lipinski definition) is 4. The second-order valence-electron chi connectivity index (χ2n) is 3.64. The van der Waals surface area contributed by atoms with Crippen molar-refractivity contribution < 1.29 is 13.9 Å². The molecule has 90 valence electrons. The highest BCUT2D eigenvalue weighted by Gasteiger charge is 2.14.